The Morgan fingerprint density at radius 1 is 0.238 bits per heavy atom. The van der Waals surface area contributed by atoms with Crippen LogP contribution in [0.25, 0.3) is 0 Å². The zero-order valence-corrected chi connectivity index (χ0v) is 80.2. The Kier molecular flexibility index (Phi) is 41.9. The van der Waals surface area contributed by atoms with E-state index < -0.39 is 106 Å². The molecular formula is C75H105Na5O20S5. The summed E-state index contributed by atoms with van der Waals surface area (Å²) in [5.41, 5.74) is 9.11. The summed E-state index contributed by atoms with van der Waals surface area (Å²) in [5, 5.41) is 0. The molecule has 0 aromatic heterocycles. The van der Waals surface area contributed by atoms with Crippen LogP contribution < -0.4 is 171 Å². The summed E-state index contributed by atoms with van der Waals surface area (Å²) in [6, 6.07) is 20.9. The van der Waals surface area contributed by atoms with E-state index in [0.717, 1.165) is 27.8 Å². The van der Waals surface area contributed by atoms with E-state index >= 15 is 0 Å². The molecule has 0 amide bonds. The van der Waals surface area contributed by atoms with Gasteiger partial charge in [-0.25, -0.2) is 42.1 Å². The van der Waals surface area contributed by atoms with Gasteiger partial charge in [-0.15, -0.1) is 0 Å². The van der Waals surface area contributed by atoms with Gasteiger partial charge >= 0.3 is 148 Å². The molecule has 1 aliphatic rings. The van der Waals surface area contributed by atoms with Crippen LogP contribution in [-0.4, -0.2) is 127 Å². The number of unbranched alkanes of at least 4 members (excludes halogenated alkanes) is 5. The number of benzene rings is 5. The first-order valence-corrected chi connectivity index (χ1v) is 42.4. The van der Waals surface area contributed by atoms with Gasteiger partial charge < -0.3 is 46.4 Å². The van der Waals surface area contributed by atoms with E-state index in [0.29, 0.717) is 84.4 Å². The number of hydrogen-bond donors (Lipinski definition) is 0. The van der Waals surface area contributed by atoms with E-state index in [1.54, 1.807) is 0 Å². The molecule has 0 radical (unpaired) electrons. The van der Waals surface area contributed by atoms with E-state index in [1.165, 1.54) is 0 Å². The fourth-order valence-corrected chi connectivity index (χ4v) is 14.8. The molecule has 0 N–H and O–H groups in total. The third-order valence-corrected chi connectivity index (χ3v) is 21.6. The van der Waals surface area contributed by atoms with E-state index in [9.17, 15) is 64.9 Å². The normalized spacial score (nSPS) is 13.3. The van der Waals surface area contributed by atoms with Gasteiger partial charge in [0.05, 0.1) is 83.6 Å². The SMILES string of the molecule is CC(C)(C)c1cc2c(OCCCCS(=O)(=O)[O-])c(c1)Cc1cc(C(C)(C)C)cc(c1OCCCCS(=O)(=O)[O-])Cc1cc(C(C)(C)C)cc(c1OCCCCS(=O)(=O)[O-])Cc1cc(C(C)(C)C)cc(c1OCCCCS(=O)(=O)[O-])Cc1cc(C(C)(C)C)cc(c1OCCCCS(=O)(=O)[O-])C2.[Na+].[Na+].[Na+].[Na+].[Na+]. The molecule has 0 saturated heterocycles. The minimum Gasteiger partial charge on any atom is -0.748 e. The molecule has 1 aliphatic carbocycles. The summed E-state index contributed by atoms with van der Waals surface area (Å²) >= 11 is 0. The fourth-order valence-electron chi connectivity index (χ4n) is 12.0. The van der Waals surface area contributed by atoms with Gasteiger partial charge in [-0.3, -0.25) is 0 Å². The number of rotatable bonds is 30. The molecule has 0 fully saturated rings. The van der Waals surface area contributed by atoms with Crippen molar-refractivity contribution in [1.29, 1.82) is 0 Å². The Morgan fingerprint density at radius 2 is 0.352 bits per heavy atom. The predicted octanol–water partition coefficient (Wildman–Crippen LogP) is -2.02. The van der Waals surface area contributed by atoms with Gasteiger partial charge in [-0.05, 0) is 175 Å². The average Bonchev–Trinajstić information content (AvgIpc) is 0.775. The van der Waals surface area contributed by atoms with Gasteiger partial charge in [0.25, 0.3) is 0 Å². The van der Waals surface area contributed by atoms with E-state index in [-0.39, 0.29) is 277 Å². The van der Waals surface area contributed by atoms with Gasteiger partial charge in [0.2, 0.25) is 0 Å². The largest absolute Gasteiger partial charge is 1.00 e. The van der Waals surface area contributed by atoms with Gasteiger partial charge in [-0.1, -0.05) is 165 Å². The molecule has 0 saturated carbocycles. The van der Waals surface area contributed by atoms with Crippen LogP contribution in [0.2, 0.25) is 0 Å². The summed E-state index contributed by atoms with van der Waals surface area (Å²) in [5.74, 6) is -0.735. The zero-order chi connectivity index (χ0) is 74.8. The molecule has 0 atom stereocenters. The maximum absolute atomic E-state index is 12.0. The second kappa shape index (κ2) is 42.8. The molecule has 5 aromatic carbocycles. The third kappa shape index (κ3) is 35.1. The van der Waals surface area contributed by atoms with Crippen molar-refractivity contribution in [1.82, 2.24) is 0 Å². The number of ether oxygens (including phenoxy) is 5. The summed E-state index contributed by atoms with van der Waals surface area (Å²) in [6.45, 7) is 31.3. The number of hydrogen-bond acceptors (Lipinski definition) is 20. The van der Waals surface area contributed by atoms with Crippen LogP contribution in [0.5, 0.6) is 28.7 Å². The van der Waals surface area contributed by atoms with Crippen molar-refractivity contribution in [3.05, 3.63) is 144 Å². The van der Waals surface area contributed by atoms with Crippen LogP contribution in [0.3, 0.4) is 0 Å². The van der Waals surface area contributed by atoms with Gasteiger partial charge in [-0.2, -0.15) is 0 Å². The van der Waals surface area contributed by atoms with Crippen molar-refractivity contribution in [2.45, 2.75) is 227 Å². The van der Waals surface area contributed by atoms with Crippen molar-refractivity contribution < 1.29 is 236 Å². The Labute approximate surface area is 739 Å². The molecule has 0 heterocycles. The summed E-state index contributed by atoms with van der Waals surface area (Å²) < 4.78 is 215. The first-order valence-electron chi connectivity index (χ1n) is 34.5. The fraction of sp³-hybridized carbons (Fsp3) is 0.600. The first-order chi connectivity index (χ1) is 45.8. The summed E-state index contributed by atoms with van der Waals surface area (Å²) in [7, 11) is -22.9. The van der Waals surface area contributed by atoms with Crippen molar-refractivity contribution in [3.63, 3.8) is 0 Å². The molecule has 0 unspecified atom stereocenters. The topological polar surface area (TPSA) is 332 Å². The van der Waals surface area contributed by atoms with Crippen LogP contribution in [0, 0.1) is 0 Å². The molecule has 30 heteroatoms. The minimum atomic E-state index is -4.57. The van der Waals surface area contributed by atoms with Crippen molar-refractivity contribution in [3.8, 4) is 28.7 Å². The molecule has 6 rings (SSSR count). The van der Waals surface area contributed by atoms with Crippen LogP contribution in [-0.2, 0) is 110 Å². The first kappa shape index (κ1) is 103. The molecule has 105 heavy (non-hydrogen) atoms. The van der Waals surface area contributed by atoms with Crippen LogP contribution in [0.15, 0.2) is 60.7 Å². The quantitative estimate of drug-likeness (QED) is 0.0267. The third-order valence-electron chi connectivity index (χ3n) is 17.6. The molecular weight excluding hydrogens is 1500 g/mol. The smallest absolute Gasteiger partial charge is 0.748 e. The minimum absolute atomic E-state index is 0. The predicted molar refractivity (Wildman–Crippen MR) is 386 cm³/mol. The maximum Gasteiger partial charge on any atom is 1.00 e. The second-order valence-electron chi connectivity index (χ2n) is 31.8. The Balaban J connectivity index is 0.0000110. The molecule has 560 valence electrons. The Hall–Kier alpha value is -0.350. The maximum atomic E-state index is 12.0. The van der Waals surface area contributed by atoms with Gasteiger partial charge in [0.15, 0.2) is 0 Å². The van der Waals surface area contributed by atoms with Crippen molar-refractivity contribution in [2.24, 2.45) is 0 Å². The molecule has 5 aromatic rings. The van der Waals surface area contributed by atoms with Gasteiger partial charge in [0.1, 0.15) is 28.7 Å². The number of fused-ring (bicyclic) bond motifs is 10. The van der Waals surface area contributed by atoms with E-state index in [1.807, 2.05) is 0 Å². The average molecular weight is 1600 g/mol. The van der Waals surface area contributed by atoms with Crippen molar-refractivity contribution >= 4 is 50.6 Å². The van der Waals surface area contributed by atoms with Crippen molar-refractivity contribution in [2.75, 3.05) is 61.8 Å². The molecule has 20 nitrogen and oxygen atoms in total. The molecule has 0 spiro atoms. The van der Waals surface area contributed by atoms with E-state index in [2.05, 4.69) is 165 Å². The Bertz CT molecular complexity index is 3530. The summed E-state index contributed by atoms with van der Waals surface area (Å²) in [4.78, 5) is 0. The van der Waals surface area contributed by atoms with Gasteiger partial charge in [0, 0.05) is 60.9 Å². The second-order valence-corrected chi connectivity index (χ2v) is 39.5. The van der Waals surface area contributed by atoms with E-state index in [4.69, 9.17) is 23.7 Å². The Morgan fingerprint density at radius 3 is 0.448 bits per heavy atom. The van der Waals surface area contributed by atoms with Crippen LogP contribution >= 0.6 is 0 Å². The standard InChI is InChI=1S/C75H110O20S5.5Na/c1-71(2,3)61-41-51-36-53-43-62(72(4,5)6)45-55(67(53)92-27-17-22-32-97(79,80)81)38-57-47-64(74(10,11)12)49-59(69(57)94-29-19-24-34-99(85,86)87)40-60-50-65(75(13,14)15)48-58(70(60)95-30-20-25-35-100(88,89)90)39-56-46-63(73(7,8)9)44-54(68(56)93-28-18-23-33-98(82,83)84)37-52(42-61)66(51)91-26-16-21-31-96(76,77)78;;;;;/h41-50H,16-40H2,1-15H3,(H,76,77,78)(H,79,80,81)(H,82,83,84)(H,85,86,87)(H,88,89,90);;;;;/q;5*+1/p-5. The summed E-state index contributed by atoms with van der Waals surface area (Å²) in [6.07, 6.45) is 1.83. The van der Waals surface area contributed by atoms with Crippen LogP contribution in [0.1, 0.15) is 252 Å². The monoisotopic (exact) mass is 1600 g/mol. The molecule has 10 bridgehead atoms. The van der Waals surface area contributed by atoms with Crippen LogP contribution in [0.4, 0.5) is 0 Å². The zero-order valence-electron chi connectivity index (χ0n) is 66.2. The molecule has 0 aliphatic heterocycles.